The Morgan fingerprint density at radius 3 is 2.52 bits per heavy atom. The highest BCUT2D eigenvalue weighted by molar-refractivity contribution is 7.99. The second kappa shape index (κ2) is 9.48. The van der Waals surface area contributed by atoms with Crippen molar-refractivity contribution in [3.8, 4) is 5.75 Å². The van der Waals surface area contributed by atoms with E-state index >= 15 is 0 Å². The van der Waals surface area contributed by atoms with Gasteiger partial charge in [0.05, 0.1) is 12.4 Å². The summed E-state index contributed by atoms with van der Waals surface area (Å²) in [6.07, 6.45) is 0. The van der Waals surface area contributed by atoms with Gasteiger partial charge < -0.3 is 9.64 Å². The van der Waals surface area contributed by atoms with E-state index in [-0.39, 0.29) is 5.91 Å². The van der Waals surface area contributed by atoms with Crippen LogP contribution in [0, 0.1) is 0 Å². The fraction of sp³-hybridized carbons (Fsp3) is 0.278. The number of carbonyl (C=O) groups is 1. The summed E-state index contributed by atoms with van der Waals surface area (Å²) in [5, 5.41) is 0.693. The number of thioether (sulfide) groups is 1. The van der Waals surface area contributed by atoms with Crippen LogP contribution in [-0.2, 0) is 11.3 Å². The van der Waals surface area contributed by atoms with Gasteiger partial charge in [-0.25, -0.2) is 0 Å². The number of amides is 1. The van der Waals surface area contributed by atoms with Crippen molar-refractivity contribution in [3.05, 3.63) is 65.2 Å². The zero-order valence-corrected chi connectivity index (χ0v) is 14.6. The molecule has 23 heavy (non-hydrogen) atoms. The molecule has 0 aromatic heterocycles. The Bertz CT molecular complexity index is 604. The number of hydrogen-bond acceptors (Lipinski definition) is 3. The van der Waals surface area contributed by atoms with E-state index in [4.69, 9.17) is 16.3 Å². The fourth-order valence-electron chi connectivity index (χ4n) is 1.96. The molecule has 0 saturated heterocycles. The molecule has 5 heteroatoms. The molecule has 0 saturated carbocycles. The van der Waals surface area contributed by atoms with E-state index in [1.54, 1.807) is 28.8 Å². The summed E-state index contributed by atoms with van der Waals surface area (Å²) in [6.45, 7) is 1.21. The molecule has 1 amide bonds. The zero-order valence-electron chi connectivity index (χ0n) is 13.1. The van der Waals surface area contributed by atoms with Gasteiger partial charge in [0, 0.05) is 24.4 Å². The Morgan fingerprint density at radius 2 is 1.83 bits per heavy atom. The number of ether oxygens (including phenoxy) is 1. The van der Waals surface area contributed by atoms with Gasteiger partial charge in [-0.3, -0.25) is 4.79 Å². The molecule has 2 aromatic rings. The van der Waals surface area contributed by atoms with Gasteiger partial charge in [-0.1, -0.05) is 41.9 Å². The third kappa shape index (κ3) is 6.55. The summed E-state index contributed by atoms with van der Waals surface area (Å²) in [7, 11) is 1.83. The highest BCUT2D eigenvalue weighted by Gasteiger charge is 2.09. The molecule has 3 nitrogen and oxygen atoms in total. The van der Waals surface area contributed by atoms with Gasteiger partial charge in [-0.15, -0.1) is 11.8 Å². The maximum atomic E-state index is 12.1. The van der Waals surface area contributed by atoms with Gasteiger partial charge in [-0.05, 0) is 29.8 Å². The Labute approximate surface area is 146 Å². The van der Waals surface area contributed by atoms with Crippen LogP contribution in [0.3, 0.4) is 0 Å². The maximum Gasteiger partial charge on any atom is 0.232 e. The first-order valence-electron chi connectivity index (χ1n) is 7.39. The molecule has 0 unspecified atom stereocenters. The van der Waals surface area contributed by atoms with Gasteiger partial charge in [0.1, 0.15) is 5.75 Å². The van der Waals surface area contributed by atoms with E-state index in [0.29, 0.717) is 23.9 Å². The summed E-state index contributed by atoms with van der Waals surface area (Å²) in [5.74, 6) is 2.16. The van der Waals surface area contributed by atoms with Crippen molar-refractivity contribution in [1.82, 2.24) is 4.90 Å². The minimum atomic E-state index is 0.130. The Kier molecular flexibility index (Phi) is 7.30. The number of hydrogen-bond donors (Lipinski definition) is 0. The van der Waals surface area contributed by atoms with Gasteiger partial charge in [0.15, 0.2) is 0 Å². The van der Waals surface area contributed by atoms with Crippen LogP contribution in [0.25, 0.3) is 0 Å². The highest BCUT2D eigenvalue weighted by atomic mass is 35.5. The van der Waals surface area contributed by atoms with Gasteiger partial charge in [-0.2, -0.15) is 0 Å². The standard InChI is InChI=1S/C18H20ClNO2S/c1-20(13-15-5-3-2-4-6-15)18(21)14-23-12-11-22-17-9-7-16(19)8-10-17/h2-10H,11-14H2,1H3. The molecule has 0 aliphatic carbocycles. The highest BCUT2D eigenvalue weighted by Crippen LogP contribution is 2.16. The smallest absolute Gasteiger partial charge is 0.232 e. The quantitative estimate of drug-likeness (QED) is 0.672. The minimum absolute atomic E-state index is 0.130. The molecule has 0 bridgehead atoms. The normalized spacial score (nSPS) is 10.3. The molecular formula is C18H20ClNO2S. The first-order valence-corrected chi connectivity index (χ1v) is 8.92. The lowest BCUT2D eigenvalue weighted by Crippen LogP contribution is -2.28. The lowest BCUT2D eigenvalue weighted by molar-refractivity contribution is -0.127. The number of rotatable bonds is 8. The second-order valence-electron chi connectivity index (χ2n) is 5.09. The second-order valence-corrected chi connectivity index (χ2v) is 6.63. The molecule has 0 N–H and O–H groups in total. The molecule has 0 spiro atoms. The monoisotopic (exact) mass is 349 g/mol. The van der Waals surface area contributed by atoms with Gasteiger partial charge >= 0.3 is 0 Å². The summed E-state index contributed by atoms with van der Waals surface area (Å²) in [5.41, 5.74) is 1.14. The van der Waals surface area contributed by atoms with Crippen LogP contribution in [0.4, 0.5) is 0 Å². The molecule has 0 aliphatic heterocycles. The molecule has 2 rings (SSSR count). The lowest BCUT2D eigenvalue weighted by Gasteiger charge is -2.17. The largest absolute Gasteiger partial charge is 0.493 e. The van der Waals surface area contributed by atoms with Crippen LogP contribution in [0.15, 0.2) is 54.6 Å². The molecule has 0 aliphatic rings. The number of halogens is 1. The van der Waals surface area contributed by atoms with Crippen molar-refractivity contribution in [2.45, 2.75) is 6.54 Å². The van der Waals surface area contributed by atoms with E-state index in [1.807, 2.05) is 49.5 Å². The summed E-state index contributed by atoms with van der Waals surface area (Å²) < 4.78 is 5.59. The number of carbonyl (C=O) groups excluding carboxylic acids is 1. The molecular weight excluding hydrogens is 330 g/mol. The van der Waals surface area contributed by atoms with Crippen molar-refractivity contribution < 1.29 is 9.53 Å². The van der Waals surface area contributed by atoms with E-state index in [9.17, 15) is 4.79 Å². The van der Waals surface area contributed by atoms with Crippen molar-refractivity contribution in [2.24, 2.45) is 0 Å². The molecule has 0 radical (unpaired) electrons. The third-order valence-corrected chi connectivity index (χ3v) is 4.38. The van der Waals surface area contributed by atoms with E-state index in [0.717, 1.165) is 17.1 Å². The van der Waals surface area contributed by atoms with Crippen molar-refractivity contribution in [3.63, 3.8) is 0 Å². The van der Waals surface area contributed by atoms with Gasteiger partial charge in [0.2, 0.25) is 5.91 Å². The molecule has 0 fully saturated rings. The minimum Gasteiger partial charge on any atom is -0.493 e. The number of benzene rings is 2. The molecule has 122 valence electrons. The predicted molar refractivity (Wildman–Crippen MR) is 97.2 cm³/mol. The van der Waals surface area contributed by atoms with E-state index < -0.39 is 0 Å². The predicted octanol–water partition coefficient (Wildman–Crippen LogP) is 4.11. The average Bonchev–Trinajstić information content (AvgIpc) is 2.57. The summed E-state index contributed by atoms with van der Waals surface area (Å²) in [4.78, 5) is 13.8. The summed E-state index contributed by atoms with van der Waals surface area (Å²) >= 11 is 7.40. The van der Waals surface area contributed by atoms with Crippen LogP contribution in [0.2, 0.25) is 5.02 Å². The lowest BCUT2D eigenvalue weighted by atomic mass is 10.2. The van der Waals surface area contributed by atoms with Crippen LogP contribution < -0.4 is 4.74 Å². The first-order chi connectivity index (χ1) is 11.1. The van der Waals surface area contributed by atoms with Gasteiger partial charge in [0.25, 0.3) is 0 Å². The summed E-state index contributed by atoms with van der Waals surface area (Å²) in [6, 6.07) is 17.3. The Morgan fingerprint density at radius 1 is 1.13 bits per heavy atom. The van der Waals surface area contributed by atoms with Crippen molar-refractivity contribution in [1.29, 1.82) is 0 Å². The van der Waals surface area contributed by atoms with Crippen molar-refractivity contribution in [2.75, 3.05) is 25.2 Å². The van der Waals surface area contributed by atoms with Crippen LogP contribution >= 0.6 is 23.4 Å². The number of nitrogens with zero attached hydrogens (tertiary/aromatic N) is 1. The third-order valence-electron chi connectivity index (χ3n) is 3.22. The zero-order chi connectivity index (χ0) is 16.5. The Hall–Kier alpha value is -1.65. The fourth-order valence-corrected chi connectivity index (χ4v) is 2.83. The molecule has 0 atom stereocenters. The average molecular weight is 350 g/mol. The first kappa shape index (κ1) is 17.7. The Balaban J connectivity index is 1.61. The molecule has 0 heterocycles. The van der Waals surface area contributed by atoms with Crippen LogP contribution in [0.1, 0.15) is 5.56 Å². The van der Waals surface area contributed by atoms with Crippen LogP contribution in [-0.4, -0.2) is 36.0 Å². The van der Waals surface area contributed by atoms with E-state index in [2.05, 4.69) is 0 Å². The van der Waals surface area contributed by atoms with Crippen molar-refractivity contribution >= 4 is 29.3 Å². The topological polar surface area (TPSA) is 29.5 Å². The maximum absolute atomic E-state index is 12.1. The SMILES string of the molecule is CN(Cc1ccccc1)C(=O)CSCCOc1ccc(Cl)cc1. The van der Waals surface area contributed by atoms with E-state index in [1.165, 1.54) is 0 Å². The molecule has 2 aromatic carbocycles. The van der Waals surface area contributed by atoms with Crippen LogP contribution in [0.5, 0.6) is 5.75 Å².